The molecule has 1 aliphatic heterocycles. The number of carbonyl (C=O) groups is 1. The van der Waals surface area contributed by atoms with Crippen molar-refractivity contribution in [3.05, 3.63) is 18.0 Å². The van der Waals surface area contributed by atoms with E-state index < -0.39 is 0 Å². The van der Waals surface area contributed by atoms with Gasteiger partial charge >= 0.3 is 0 Å². The molecule has 2 rings (SSSR count). The van der Waals surface area contributed by atoms with E-state index in [1.807, 2.05) is 19.4 Å². The molecule has 0 spiro atoms. The molecule has 6 heteroatoms. The van der Waals surface area contributed by atoms with Gasteiger partial charge in [-0.05, 0) is 30.9 Å². The first-order valence-corrected chi connectivity index (χ1v) is 7.63. The molecular formula is C15H26N4O2. The Bertz CT molecular complexity index is 447. The zero-order valence-electron chi connectivity index (χ0n) is 13.0. The summed E-state index contributed by atoms with van der Waals surface area (Å²) in [7, 11) is 3.62. The SMILES string of the molecule is COCCN1CC[C@H](CNC(=O)CCc2cnn(C)c2)C1. The highest BCUT2D eigenvalue weighted by Crippen LogP contribution is 2.14. The van der Waals surface area contributed by atoms with Gasteiger partial charge in [-0.3, -0.25) is 9.48 Å². The van der Waals surface area contributed by atoms with E-state index in [-0.39, 0.29) is 5.91 Å². The summed E-state index contributed by atoms with van der Waals surface area (Å²) in [5, 5.41) is 7.16. The Morgan fingerprint density at radius 1 is 1.57 bits per heavy atom. The average Bonchev–Trinajstić information content (AvgIpc) is 3.09. The van der Waals surface area contributed by atoms with Gasteiger partial charge in [0.05, 0.1) is 12.8 Å². The van der Waals surface area contributed by atoms with E-state index in [0.717, 1.165) is 51.2 Å². The van der Waals surface area contributed by atoms with Crippen LogP contribution in [-0.2, 0) is 23.0 Å². The number of rotatable bonds is 8. The molecule has 118 valence electrons. The van der Waals surface area contributed by atoms with Gasteiger partial charge in [-0.15, -0.1) is 0 Å². The molecule has 0 radical (unpaired) electrons. The Labute approximate surface area is 126 Å². The number of nitrogens with one attached hydrogen (secondary N) is 1. The van der Waals surface area contributed by atoms with Crippen LogP contribution in [0.25, 0.3) is 0 Å². The summed E-state index contributed by atoms with van der Waals surface area (Å²) >= 11 is 0. The second kappa shape index (κ2) is 8.14. The van der Waals surface area contributed by atoms with E-state index in [1.165, 1.54) is 0 Å². The van der Waals surface area contributed by atoms with Crippen LogP contribution in [0.4, 0.5) is 0 Å². The molecule has 1 N–H and O–H groups in total. The number of carbonyl (C=O) groups excluding carboxylic acids is 1. The highest BCUT2D eigenvalue weighted by Gasteiger charge is 2.22. The summed E-state index contributed by atoms with van der Waals surface area (Å²) in [5.41, 5.74) is 1.11. The maximum absolute atomic E-state index is 11.9. The van der Waals surface area contributed by atoms with E-state index in [0.29, 0.717) is 12.3 Å². The largest absolute Gasteiger partial charge is 0.383 e. The summed E-state index contributed by atoms with van der Waals surface area (Å²) in [6.45, 7) is 4.73. The number of likely N-dealkylation sites (tertiary alicyclic amines) is 1. The first kappa shape index (κ1) is 16.0. The Morgan fingerprint density at radius 2 is 2.43 bits per heavy atom. The van der Waals surface area contributed by atoms with Crippen LogP contribution in [0.15, 0.2) is 12.4 Å². The monoisotopic (exact) mass is 294 g/mol. The minimum Gasteiger partial charge on any atom is -0.383 e. The van der Waals surface area contributed by atoms with Gasteiger partial charge in [0.15, 0.2) is 0 Å². The van der Waals surface area contributed by atoms with Crippen molar-refractivity contribution in [2.75, 3.05) is 39.9 Å². The summed E-state index contributed by atoms with van der Waals surface area (Å²) in [6.07, 6.45) is 6.22. The molecule has 1 aliphatic rings. The lowest BCUT2D eigenvalue weighted by Gasteiger charge is -2.15. The number of aryl methyl sites for hydroxylation is 2. The first-order valence-electron chi connectivity index (χ1n) is 7.63. The molecular weight excluding hydrogens is 268 g/mol. The van der Waals surface area contributed by atoms with E-state index >= 15 is 0 Å². The van der Waals surface area contributed by atoms with Crippen LogP contribution < -0.4 is 5.32 Å². The quantitative estimate of drug-likeness (QED) is 0.756. The summed E-state index contributed by atoms with van der Waals surface area (Å²) in [4.78, 5) is 14.3. The molecule has 2 heterocycles. The summed E-state index contributed by atoms with van der Waals surface area (Å²) in [6, 6.07) is 0. The number of nitrogens with zero attached hydrogens (tertiary/aromatic N) is 3. The van der Waals surface area contributed by atoms with E-state index in [9.17, 15) is 4.79 Å². The minimum atomic E-state index is 0.134. The topological polar surface area (TPSA) is 59.4 Å². The Kier molecular flexibility index (Phi) is 6.20. The van der Waals surface area contributed by atoms with Crippen molar-refractivity contribution < 1.29 is 9.53 Å². The van der Waals surface area contributed by atoms with Crippen LogP contribution in [0.5, 0.6) is 0 Å². The number of ether oxygens (including phenoxy) is 1. The molecule has 0 unspecified atom stereocenters. The van der Waals surface area contributed by atoms with Crippen LogP contribution in [0.1, 0.15) is 18.4 Å². The zero-order valence-corrected chi connectivity index (χ0v) is 13.0. The third kappa shape index (κ3) is 5.47. The van der Waals surface area contributed by atoms with E-state index in [2.05, 4.69) is 15.3 Å². The molecule has 1 aromatic heterocycles. The van der Waals surface area contributed by atoms with Crippen molar-refractivity contribution in [1.29, 1.82) is 0 Å². The van der Waals surface area contributed by atoms with Crippen LogP contribution in [-0.4, -0.2) is 60.5 Å². The highest BCUT2D eigenvalue weighted by molar-refractivity contribution is 5.76. The molecule has 1 aromatic rings. The fourth-order valence-electron chi connectivity index (χ4n) is 2.71. The molecule has 0 saturated carbocycles. The van der Waals surface area contributed by atoms with Gasteiger partial charge in [0, 0.05) is 46.4 Å². The van der Waals surface area contributed by atoms with Crippen LogP contribution in [0, 0.1) is 5.92 Å². The lowest BCUT2D eigenvalue weighted by Crippen LogP contribution is -2.31. The minimum absolute atomic E-state index is 0.134. The first-order chi connectivity index (χ1) is 10.2. The van der Waals surface area contributed by atoms with Gasteiger partial charge in [0.2, 0.25) is 5.91 Å². The van der Waals surface area contributed by atoms with Gasteiger partial charge in [-0.1, -0.05) is 0 Å². The smallest absolute Gasteiger partial charge is 0.220 e. The maximum atomic E-state index is 11.9. The zero-order chi connectivity index (χ0) is 15.1. The summed E-state index contributed by atoms with van der Waals surface area (Å²) < 4.78 is 6.86. The molecule has 1 amide bonds. The van der Waals surface area contributed by atoms with Crippen LogP contribution in [0.2, 0.25) is 0 Å². The number of hydrogen-bond donors (Lipinski definition) is 1. The lowest BCUT2D eigenvalue weighted by atomic mass is 10.1. The molecule has 6 nitrogen and oxygen atoms in total. The van der Waals surface area contributed by atoms with Crippen molar-refractivity contribution >= 4 is 5.91 Å². The van der Waals surface area contributed by atoms with E-state index in [1.54, 1.807) is 11.8 Å². The molecule has 1 fully saturated rings. The van der Waals surface area contributed by atoms with Crippen LogP contribution in [0.3, 0.4) is 0 Å². The number of hydrogen-bond acceptors (Lipinski definition) is 4. The second-order valence-electron chi connectivity index (χ2n) is 5.77. The Balaban J connectivity index is 1.59. The van der Waals surface area contributed by atoms with Gasteiger partial charge in [0.25, 0.3) is 0 Å². The van der Waals surface area contributed by atoms with Gasteiger partial charge in [-0.25, -0.2) is 0 Å². The van der Waals surface area contributed by atoms with Gasteiger partial charge in [-0.2, -0.15) is 5.10 Å². The van der Waals surface area contributed by atoms with Crippen molar-refractivity contribution in [2.45, 2.75) is 19.3 Å². The molecule has 21 heavy (non-hydrogen) atoms. The third-order valence-electron chi connectivity index (χ3n) is 3.97. The fourth-order valence-corrected chi connectivity index (χ4v) is 2.71. The van der Waals surface area contributed by atoms with Crippen molar-refractivity contribution in [1.82, 2.24) is 20.0 Å². The maximum Gasteiger partial charge on any atom is 0.220 e. The average molecular weight is 294 g/mol. The van der Waals surface area contributed by atoms with Crippen molar-refractivity contribution in [2.24, 2.45) is 13.0 Å². The predicted octanol–water partition coefficient (Wildman–Crippen LogP) is 0.437. The Morgan fingerprint density at radius 3 is 3.14 bits per heavy atom. The van der Waals surface area contributed by atoms with Crippen molar-refractivity contribution in [3.63, 3.8) is 0 Å². The molecule has 0 aromatic carbocycles. The standard InChI is InChI=1S/C15H26N4O2/c1-18-11-13(10-17-18)3-4-15(20)16-9-14-5-6-19(12-14)7-8-21-2/h10-11,14H,3-9,12H2,1-2H3,(H,16,20)/t14-/m1/s1. The molecule has 0 bridgehead atoms. The molecule has 1 atom stereocenters. The van der Waals surface area contributed by atoms with E-state index in [4.69, 9.17) is 4.74 Å². The van der Waals surface area contributed by atoms with Gasteiger partial charge in [0.1, 0.15) is 0 Å². The summed E-state index contributed by atoms with van der Waals surface area (Å²) in [5.74, 6) is 0.707. The number of aromatic nitrogens is 2. The predicted molar refractivity (Wildman–Crippen MR) is 81.0 cm³/mol. The highest BCUT2D eigenvalue weighted by atomic mass is 16.5. The molecule has 1 saturated heterocycles. The second-order valence-corrected chi connectivity index (χ2v) is 5.77. The van der Waals surface area contributed by atoms with Crippen LogP contribution >= 0.6 is 0 Å². The normalized spacial score (nSPS) is 19.0. The van der Waals surface area contributed by atoms with Gasteiger partial charge < -0.3 is 15.0 Å². The number of amides is 1. The molecule has 0 aliphatic carbocycles. The van der Waals surface area contributed by atoms with Crippen molar-refractivity contribution in [3.8, 4) is 0 Å². The Hall–Kier alpha value is -1.40. The number of methoxy groups -OCH3 is 1. The fraction of sp³-hybridized carbons (Fsp3) is 0.733. The lowest BCUT2D eigenvalue weighted by molar-refractivity contribution is -0.121. The third-order valence-corrected chi connectivity index (χ3v) is 3.97.